The van der Waals surface area contributed by atoms with Crippen LogP contribution in [0.2, 0.25) is 0 Å². The predicted molar refractivity (Wildman–Crippen MR) is 146 cm³/mol. The first kappa shape index (κ1) is 26.0. The number of likely N-dealkylation sites (tertiary alicyclic amines) is 1. The van der Waals surface area contributed by atoms with Crippen LogP contribution in [-0.2, 0) is 11.2 Å². The van der Waals surface area contributed by atoms with E-state index in [-0.39, 0.29) is 6.42 Å². The van der Waals surface area contributed by atoms with Gasteiger partial charge in [0.1, 0.15) is 5.75 Å². The van der Waals surface area contributed by atoms with Crippen molar-refractivity contribution in [2.75, 3.05) is 32.5 Å². The zero-order valence-corrected chi connectivity index (χ0v) is 22.2. The number of aromatic nitrogens is 1. The molecule has 0 radical (unpaired) electrons. The third-order valence-electron chi connectivity index (χ3n) is 7.12. The molecule has 188 valence electrons. The molecule has 3 aromatic rings. The Hall–Kier alpha value is -2.09. The minimum atomic E-state index is -0.676. The lowest BCUT2D eigenvalue weighted by molar-refractivity contribution is -0.137. The number of rotatable bonds is 13. The summed E-state index contributed by atoms with van der Waals surface area (Å²) in [6.45, 7) is 3.28. The molecule has 0 saturated carbocycles. The lowest BCUT2D eigenvalue weighted by Gasteiger charge is -2.39. The number of nitrogens with zero attached hydrogens (tertiary/aromatic N) is 2. The normalized spacial score (nSPS) is 18.7. The summed E-state index contributed by atoms with van der Waals surface area (Å²) in [5, 5.41) is 12.6. The number of hydrogen-bond acceptors (Lipinski definition) is 6. The third-order valence-corrected chi connectivity index (χ3v) is 9.34. The molecule has 7 heteroatoms. The third kappa shape index (κ3) is 7.69. The number of thioether (sulfide) groups is 1. The van der Waals surface area contributed by atoms with Gasteiger partial charge in [0.25, 0.3) is 0 Å². The Morgan fingerprint density at radius 3 is 2.94 bits per heavy atom. The van der Waals surface area contributed by atoms with Gasteiger partial charge in [-0.15, -0.1) is 23.1 Å². The number of pyridine rings is 1. The maximum atomic E-state index is 11.3. The molecule has 2 atom stereocenters. The summed E-state index contributed by atoms with van der Waals surface area (Å²) in [5.41, 5.74) is 2.32. The number of carbonyl (C=O) groups is 1. The smallest absolute Gasteiger partial charge is 0.303 e. The number of fused-ring (bicyclic) bond motifs is 1. The van der Waals surface area contributed by atoms with Crippen molar-refractivity contribution in [3.63, 3.8) is 0 Å². The first-order chi connectivity index (χ1) is 17.1. The van der Waals surface area contributed by atoms with Crippen molar-refractivity contribution in [3.05, 3.63) is 53.5 Å². The van der Waals surface area contributed by atoms with Gasteiger partial charge in [0.05, 0.1) is 16.8 Å². The van der Waals surface area contributed by atoms with Crippen LogP contribution in [0.1, 0.15) is 44.1 Å². The average Bonchev–Trinajstić information content (AvgIpc) is 3.39. The lowest BCUT2D eigenvalue weighted by Crippen LogP contribution is -2.41. The number of piperidine rings is 1. The Bertz CT molecular complexity index is 1070. The van der Waals surface area contributed by atoms with Crippen molar-refractivity contribution in [1.29, 1.82) is 0 Å². The zero-order valence-electron chi connectivity index (χ0n) is 20.5. The number of aryl methyl sites for hydroxylation is 1. The highest BCUT2D eigenvalue weighted by Gasteiger charge is 2.29. The minimum Gasteiger partial charge on any atom is -0.497 e. The second-order valence-electron chi connectivity index (χ2n) is 9.42. The highest BCUT2D eigenvalue weighted by Crippen LogP contribution is 2.33. The molecule has 3 heterocycles. The number of aliphatic carboxylic acids is 1. The molecule has 4 rings (SSSR count). The molecule has 0 aliphatic carbocycles. The van der Waals surface area contributed by atoms with Crippen LogP contribution < -0.4 is 4.74 Å². The Labute approximate surface area is 216 Å². The van der Waals surface area contributed by atoms with Crippen molar-refractivity contribution in [2.45, 2.75) is 49.2 Å². The van der Waals surface area contributed by atoms with E-state index in [2.05, 4.69) is 39.5 Å². The van der Waals surface area contributed by atoms with Crippen molar-refractivity contribution in [1.82, 2.24) is 9.88 Å². The molecule has 0 amide bonds. The molecule has 0 bridgehead atoms. The number of ether oxygens (including phenoxy) is 1. The highest BCUT2D eigenvalue weighted by atomic mass is 32.2. The Balaban J connectivity index is 1.29. The van der Waals surface area contributed by atoms with E-state index in [9.17, 15) is 9.90 Å². The zero-order chi connectivity index (χ0) is 24.5. The van der Waals surface area contributed by atoms with E-state index in [1.54, 1.807) is 7.11 Å². The maximum absolute atomic E-state index is 11.3. The van der Waals surface area contributed by atoms with Crippen LogP contribution in [-0.4, -0.2) is 53.5 Å². The van der Waals surface area contributed by atoms with Gasteiger partial charge in [0.15, 0.2) is 0 Å². The molecule has 1 aromatic carbocycles. The summed E-state index contributed by atoms with van der Waals surface area (Å²) >= 11 is 3.76. The molecule has 1 fully saturated rings. The van der Waals surface area contributed by atoms with Crippen LogP contribution in [0.5, 0.6) is 5.75 Å². The van der Waals surface area contributed by atoms with E-state index in [1.165, 1.54) is 28.0 Å². The SMILES string of the molecule is COc1ccc2nccc(CCC[C@@H]3CCN(CCCSc4cccs4)C[C@@H]3CCC(=O)O)c2c1. The van der Waals surface area contributed by atoms with Crippen LogP contribution in [0.25, 0.3) is 10.9 Å². The molecule has 5 nitrogen and oxygen atoms in total. The first-order valence-electron chi connectivity index (χ1n) is 12.6. The monoisotopic (exact) mass is 512 g/mol. The fourth-order valence-electron chi connectivity index (χ4n) is 5.26. The van der Waals surface area contributed by atoms with E-state index < -0.39 is 5.97 Å². The molecule has 1 N–H and O–H groups in total. The Morgan fingerprint density at radius 1 is 1.23 bits per heavy atom. The number of carboxylic acid groups (broad SMARTS) is 1. The standard InChI is InChI=1S/C28H36N2O3S2/c1-33-24-9-10-26-25(19-24)22(12-14-29-26)6-2-5-21-13-16-30(20-23(21)8-11-27(31)32)15-4-18-35-28-7-3-17-34-28/h3,7,9-10,12,14,17,19,21,23H,2,4-6,8,11,13,15-16,18,20H2,1H3,(H,31,32)/t21-,23+/m1/s1. The van der Waals surface area contributed by atoms with Crippen molar-refractivity contribution in [3.8, 4) is 5.75 Å². The summed E-state index contributed by atoms with van der Waals surface area (Å²) in [5.74, 6) is 2.41. The molecule has 1 aliphatic heterocycles. The lowest BCUT2D eigenvalue weighted by atomic mass is 9.79. The van der Waals surface area contributed by atoms with Crippen LogP contribution in [0.15, 0.2) is 52.2 Å². The Morgan fingerprint density at radius 2 is 2.14 bits per heavy atom. The molecule has 35 heavy (non-hydrogen) atoms. The minimum absolute atomic E-state index is 0.276. The molecule has 0 spiro atoms. The van der Waals surface area contributed by atoms with Gasteiger partial charge in [-0.3, -0.25) is 9.78 Å². The fraction of sp³-hybridized carbons (Fsp3) is 0.500. The molecular weight excluding hydrogens is 476 g/mol. The summed E-state index contributed by atoms with van der Waals surface area (Å²) in [4.78, 5) is 18.4. The largest absolute Gasteiger partial charge is 0.497 e. The van der Waals surface area contributed by atoms with Gasteiger partial charge in [0.2, 0.25) is 0 Å². The van der Waals surface area contributed by atoms with E-state index in [4.69, 9.17) is 4.74 Å². The van der Waals surface area contributed by atoms with Gasteiger partial charge < -0.3 is 14.7 Å². The number of methoxy groups -OCH3 is 1. The van der Waals surface area contributed by atoms with Crippen molar-refractivity contribution in [2.24, 2.45) is 11.8 Å². The van der Waals surface area contributed by atoms with E-state index in [0.29, 0.717) is 11.8 Å². The van der Waals surface area contributed by atoms with Gasteiger partial charge >= 0.3 is 5.97 Å². The summed E-state index contributed by atoms with van der Waals surface area (Å²) in [6.07, 6.45) is 8.59. The predicted octanol–water partition coefficient (Wildman–Crippen LogP) is 6.61. The molecule has 1 aliphatic rings. The maximum Gasteiger partial charge on any atom is 0.303 e. The number of hydrogen-bond donors (Lipinski definition) is 1. The van der Waals surface area contributed by atoms with Gasteiger partial charge in [-0.05, 0) is 105 Å². The fourth-order valence-corrected chi connectivity index (χ4v) is 7.05. The van der Waals surface area contributed by atoms with Gasteiger partial charge in [0, 0.05) is 30.3 Å². The second kappa shape index (κ2) is 13.3. The van der Waals surface area contributed by atoms with Crippen LogP contribution in [0, 0.1) is 11.8 Å². The highest BCUT2D eigenvalue weighted by molar-refractivity contribution is 8.01. The summed E-state index contributed by atoms with van der Waals surface area (Å²) in [7, 11) is 1.70. The van der Waals surface area contributed by atoms with Gasteiger partial charge in [-0.1, -0.05) is 6.07 Å². The van der Waals surface area contributed by atoms with E-state index >= 15 is 0 Å². The second-order valence-corrected chi connectivity index (χ2v) is 11.8. The molecule has 1 saturated heterocycles. The molecule has 0 unspecified atom stereocenters. The number of thiophene rings is 1. The van der Waals surface area contributed by atoms with Gasteiger partial charge in [-0.2, -0.15) is 0 Å². The molecule has 2 aromatic heterocycles. The quantitative estimate of drug-likeness (QED) is 0.205. The summed E-state index contributed by atoms with van der Waals surface area (Å²) in [6, 6.07) is 12.5. The first-order valence-corrected chi connectivity index (χ1v) is 14.5. The van der Waals surface area contributed by atoms with Crippen molar-refractivity contribution >= 4 is 40.0 Å². The van der Waals surface area contributed by atoms with E-state index in [1.807, 2.05) is 41.4 Å². The van der Waals surface area contributed by atoms with Crippen LogP contribution in [0.3, 0.4) is 0 Å². The number of carboxylic acids is 1. The van der Waals surface area contributed by atoms with Crippen LogP contribution >= 0.6 is 23.1 Å². The van der Waals surface area contributed by atoms with E-state index in [0.717, 1.165) is 62.3 Å². The number of benzene rings is 1. The van der Waals surface area contributed by atoms with Crippen molar-refractivity contribution < 1.29 is 14.6 Å². The topological polar surface area (TPSA) is 62.7 Å². The summed E-state index contributed by atoms with van der Waals surface area (Å²) < 4.78 is 6.81. The van der Waals surface area contributed by atoms with Crippen LogP contribution in [0.4, 0.5) is 0 Å². The van der Waals surface area contributed by atoms with Gasteiger partial charge in [-0.25, -0.2) is 0 Å². The molecular formula is C28H36N2O3S2. The Kier molecular flexibility index (Phi) is 9.86. The average molecular weight is 513 g/mol.